The van der Waals surface area contributed by atoms with Gasteiger partial charge in [0.05, 0.1) is 7.11 Å². The van der Waals surface area contributed by atoms with Gasteiger partial charge in [0.25, 0.3) is 0 Å². The van der Waals surface area contributed by atoms with E-state index in [1.807, 2.05) is 12.1 Å². The van der Waals surface area contributed by atoms with Gasteiger partial charge in [-0.15, -0.1) is 0 Å². The molecule has 4 heteroatoms. The molecule has 1 unspecified atom stereocenters. The Bertz CT molecular complexity index is 606. The van der Waals surface area contributed by atoms with Crippen LogP contribution in [0.3, 0.4) is 0 Å². The first-order valence-electron chi connectivity index (χ1n) is 6.49. The second-order valence-corrected chi connectivity index (χ2v) is 5.85. The van der Waals surface area contributed by atoms with Gasteiger partial charge in [-0.2, -0.15) is 0 Å². The van der Waals surface area contributed by atoms with Gasteiger partial charge in [0.15, 0.2) is 0 Å². The summed E-state index contributed by atoms with van der Waals surface area (Å²) in [5.74, 6) is 0.854. The highest BCUT2D eigenvalue weighted by molar-refractivity contribution is 9.10. The summed E-state index contributed by atoms with van der Waals surface area (Å²) in [6, 6.07) is 8.44. The minimum Gasteiger partial charge on any atom is -0.497 e. The van der Waals surface area contributed by atoms with Crippen LogP contribution in [0.5, 0.6) is 5.75 Å². The molecule has 0 amide bonds. The van der Waals surface area contributed by atoms with Crippen molar-refractivity contribution in [2.45, 2.75) is 25.3 Å². The lowest BCUT2D eigenvalue weighted by Gasteiger charge is -2.21. The maximum atomic E-state index is 6.18. The van der Waals surface area contributed by atoms with E-state index in [2.05, 4.69) is 38.8 Å². The summed E-state index contributed by atoms with van der Waals surface area (Å²) in [5.41, 5.74) is 9.90. The van der Waals surface area contributed by atoms with Crippen molar-refractivity contribution in [1.82, 2.24) is 4.57 Å². The lowest BCUT2D eigenvalue weighted by Crippen LogP contribution is -2.17. The van der Waals surface area contributed by atoms with Crippen LogP contribution in [0.4, 0.5) is 0 Å². The molecule has 1 aliphatic rings. The molecule has 0 spiro atoms. The van der Waals surface area contributed by atoms with Crippen molar-refractivity contribution < 1.29 is 4.74 Å². The standard InChI is InChI=1S/C15H17BrN2O/c1-19-12-8-10(16)7-11(9-12)18-6-5-13-14(17)3-2-4-15(13)18/h5-9,14H,2-4,17H2,1H3. The van der Waals surface area contributed by atoms with E-state index in [1.165, 1.54) is 11.3 Å². The predicted octanol–water partition coefficient (Wildman–Crippen LogP) is 3.58. The maximum Gasteiger partial charge on any atom is 0.122 e. The van der Waals surface area contributed by atoms with Gasteiger partial charge in [-0.1, -0.05) is 15.9 Å². The molecule has 3 rings (SSSR count). The first kappa shape index (κ1) is 12.8. The number of hydrogen-bond acceptors (Lipinski definition) is 2. The third-order valence-electron chi connectivity index (χ3n) is 3.73. The van der Waals surface area contributed by atoms with Gasteiger partial charge in [0.1, 0.15) is 5.75 Å². The molecule has 19 heavy (non-hydrogen) atoms. The minimum atomic E-state index is 0.180. The first-order valence-corrected chi connectivity index (χ1v) is 7.29. The third kappa shape index (κ3) is 2.30. The number of nitrogens with two attached hydrogens (primary N) is 1. The van der Waals surface area contributed by atoms with Gasteiger partial charge in [-0.25, -0.2) is 0 Å². The summed E-state index contributed by atoms with van der Waals surface area (Å²) in [6.45, 7) is 0. The van der Waals surface area contributed by atoms with Crippen LogP contribution in [0, 0.1) is 0 Å². The van der Waals surface area contributed by atoms with E-state index in [4.69, 9.17) is 10.5 Å². The van der Waals surface area contributed by atoms with Crippen LogP contribution in [0.15, 0.2) is 34.9 Å². The molecular formula is C15H17BrN2O. The Morgan fingerprint density at radius 1 is 1.37 bits per heavy atom. The van der Waals surface area contributed by atoms with Crippen LogP contribution in [0.2, 0.25) is 0 Å². The van der Waals surface area contributed by atoms with E-state index in [0.29, 0.717) is 0 Å². The number of benzene rings is 1. The summed E-state index contributed by atoms with van der Waals surface area (Å²) in [5, 5.41) is 0. The van der Waals surface area contributed by atoms with Gasteiger partial charge in [-0.3, -0.25) is 0 Å². The number of hydrogen-bond donors (Lipinski definition) is 1. The van der Waals surface area contributed by atoms with E-state index >= 15 is 0 Å². The van der Waals surface area contributed by atoms with Crippen LogP contribution < -0.4 is 10.5 Å². The average Bonchev–Trinajstić information content (AvgIpc) is 2.83. The van der Waals surface area contributed by atoms with E-state index in [-0.39, 0.29) is 6.04 Å². The number of methoxy groups -OCH3 is 1. The monoisotopic (exact) mass is 320 g/mol. The number of aromatic nitrogens is 1. The molecule has 1 aromatic carbocycles. The highest BCUT2D eigenvalue weighted by atomic mass is 79.9. The first-order chi connectivity index (χ1) is 9.19. The quantitative estimate of drug-likeness (QED) is 0.918. The van der Waals surface area contributed by atoms with Crippen molar-refractivity contribution in [2.24, 2.45) is 5.73 Å². The van der Waals surface area contributed by atoms with Crippen LogP contribution >= 0.6 is 15.9 Å². The van der Waals surface area contributed by atoms with Crippen molar-refractivity contribution in [3.8, 4) is 11.4 Å². The molecule has 3 nitrogen and oxygen atoms in total. The number of fused-ring (bicyclic) bond motifs is 1. The number of ether oxygens (including phenoxy) is 1. The number of nitrogens with zero attached hydrogens (tertiary/aromatic N) is 1. The molecule has 100 valence electrons. The van der Waals surface area contributed by atoms with Crippen LogP contribution in [0.25, 0.3) is 5.69 Å². The molecule has 0 aliphatic heterocycles. The van der Waals surface area contributed by atoms with E-state index < -0.39 is 0 Å². The molecule has 2 N–H and O–H groups in total. The van der Waals surface area contributed by atoms with Crippen molar-refractivity contribution in [2.75, 3.05) is 7.11 Å². The molecule has 0 saturated carbocycles. The van der Waals surface area contributed by atoms with Gasteiger partial charge in [0.2, 0.25) is 0 Å². The zero-order valence-corrected chi connectivity index (χ0v) is 12.5. The van der Waals surface area contributed by atoms with Gasteiger partial charge in [0, 0.05) is 34.2 Å². The Morgan fingerprint density at radius 2 is 2.21 bits per heavy atom. The van der Waals surface area contributed by atoms with Crippen molar-refractivity contribution in [3.63, 3.8) is 0 Å². The van der Waals surface area contributed by atoms with Crippen LogP contribution in [0.1, 0.15) is 30.1 Å². The fraction of sp³-hybridized carbons (Fsp3) is 0.333. The fourth-order valence-corrected chi connectivity index (χ4v) is 3.23. The maximum absolute atomic E-state index is 6.18. The van der Waals surface area contributed by atoms with Crippen molar-refractivity contribution in [3.05, 3.63) is 46.2 Å². The SMILES string of the molecule is COc1cc(Br)cc(-n2ccc3c2CCCC3N)c1. The minimum absolute atomic E-state index is 0.180. The molecule has 2 aromatic rings. The molecule has 0 bridgehead atoms. The highest BCUT2D eigenvalue weighted by Crippen LogP contribution is 2.32. The van der Waals surface area contributed by atoms with Crippen LogP contribution in [-0.2, 0) is 6.42 Å². The Kier molecular flexibility index (Phi) is 3.37. The van der Waals surface area contributed by atoms with Crippen molar-refractivity contribution in [1.29, 1.82) is 0 Å². The molecule has 1 aromatic heterocycles. The Labute approximate surface area is 121 Å². The van der Waals surface area contributed by atoms with Crippen molar-refractivity contribution >= 4 is 15.9 Å². The molecule has 0 saturated heterocycles. The lowest BCUT2D eigenvalue weighted by molar-refractivity contribution is 0.414. The number of rotatable bonds is 2. The van der Waals surface area contributed by atoms with E-state index in [1.54, 1.807) is 7.11 Å². The second kappa shape index (κ2) is 5.02. The Hall–Kier alpha value is -1.26. The summed E-state index contributed by atoms with van der Waals surface area (Å²) in [6.07, 6.45) is 5.43. The smallest absolute Gasteiger partial charge is 0.122 e. The summed E-state index contributed by atoms with van der Waals surface area (Å²) in [7, 11) is 1.69. The summed E-state index contributed by atoms with van der Waals surface area (Å²) < 4.78 is 8.57. The Morgan fingerprint density at radius 3 is 3.00 bits per heavy atom. The van der Waals surface area contributed by atoms with E-state index in [0.717, 1.165) is 35.2 Å². The molecule has 1 heterocycles. The predicted molar refractivity (Wildman–Crippen MR) is 79.9 cm³/mol. The van der Waals surface area contributed by atoms with Gasteiger partial charge in [-0.05, 0) is 43.0 Å². The van der Waals surface area contributed by atoms with Gasteiger partial charge < -0.3 is 15.0 Å². The molecule has 1 aliphatic carbocycles. The third-order valence-corrected chi connectivity index (χ3v) is 4.18. The van der Waals surface area contributed by atoms with Gasteiger partial charge >= 0.3 is 0 Å². The molecular weight excluding hydrogens is 304 g/mol. The molecule has 1 atom stereocenters. The zero-order chi connectivity index (χ0) is 13.4. The zero-order valence-electron chi connectivity index (χ0n) is 10.9. The van der Waals surface area contributed by atoms with E-state index in [9.17, 15) is 0 Å². The molecule has 0 radical (unpaired) electrons. The second-order valence-electron chi connectivity index (χ2n) is 4.94. The largest absolute Gasteiger partial charge is 0.497 e. The average molecular weight is 321 g/mol. The summed E-state index contributed by atoms with van der Waals surface area (Å²) >= 11 is 3.53. The Balaban J connectivity index is 2.10. The highest BCUT2D eigenvalue weighted by Gasteiger charge is 2.20. The number of halogens is 1. The normalized spacial score (nSPS) is 18.2. The fourth-order valence-electron chi connectivity index (χ4n) is 2.77. The lowest BCUT2D eigenvalue weighted by atomic mass is 9.93. The summed E-state index contributed by atoms with van der Waals surface area (Å²) in [4.78, 5) is 0. The molecule has 0 fully saturated rings. The topological polar surface area (TPSA) is 40.2 Å². The van der Waals surface area contributed by atoms with Crippen LogP contribution in [-0.4, -0.2) is 11.7 Å².